The van der Waals surface area contributed by atoms with Gasteiger partial charge in [0.1, 0.15) is 6.04 Å². The van der Waals surface area contributed by atoms with Crippen LogP contribution in [0.3, 0.4) is 0 Å². The van der Waals surface area contributed by atoms with E-state index in [-0.39, 0.29) is 6.03 Å². The fraction of sp³-hybridized carbons (Fsp3) is 0.615. The fourth-order valence-electron chi connectivity index (χ4n) is 2.24. The molecule has 1 aliphatic heterocycles. The highest BCUT2D eigenvalue weighted by molar-refractivity contribution is 7.07. The number of hydrogen-bond donors (Lipinski definition) is 2. The molecule has 2 N–H and O–H groups in total. The van der Waals surface area contributed by atoms with Gasteiger partial charge >= 0.3 is 12.0 Å². The summed E-state index contributed by atoms with van der Waals surface area (Å²) in [4.78, 5) is 30.7. The summed E-state index contributed by atoms with van der Waals surface area (Å²) in [5.74, 6) is -0.823. The molecule has 1 fully saturated rings. The molecule has 1 saturated heterocycles. The number of nitrogens with zero attached hydrogens (tertiary/aromatic N) is 3. The molecular weight excluding hydrogens is 292 g/mol. The molecule has 0 radical (unpaired) electrons. The van der Waals surface area contributed by atoms with Crippen molar-refractivity contribution in [2.75, 3.05) is 32.7 Å². The van der Waals surface area contributed by atoms with Gasteiger partial charge in [-0.25, -0.2) is 9.78 Å². The Morgan fingerprint density at radius 3 is 2.71 bits per heavy atom. The maximum Gasteiger partial charge on any atom is 0.320 e. The normalized spacial score (nSPS) is 17.5. The first-order chi connectivity index (χ1) is 10.1. The van der Waals surface area contributed by atoms with Gasteiger partial charge in [-0.05, 0) is 6.92 Å². The zero-order valence-corrected chi connectivity index (χ0v) is 12.8. The molecule has 1 atom stereocenters. The van der Waals surface area contributed by atoms with E-state index in [0.29, 0.717) is 32.7 Å². The maximum absolute atomic E-state index is 12.0. The van der Waals surface area contributed by atoms with E-state index in [1.54, 1.807) is 28.7 Å². The molecule has 0 spiro atoms. The molecule has 1 aliphatic rings. The lowest BCUT2D eigenvalue weighted by Gasteiger charge is -2.36. The van der Waals surface area contributed by atoms with Crippen LogP contribution in [-0.4, -0.2) is 70.7 Å². The minimum absolute atomic E-state index is 0.0899. The third-order valence-electron chi connectivity index (χ3n) is 3.65. The predicted octanol–water partition coefficient (Wildman–Crippen LogP) is 0.486. The van der Waals surface area contributed by atoms with Crippen LogP contribution in [0.5, 0.6) is 0 Å². The van der Waals surface area contributed by atoms with E-state index < -0.39 is 12.0 Å². The fourth-order valence-corrected chi connectivity index (χ4v) is 2.83. The van der Waals surface area contributed by atoms with Crippen molar-refractivity contribution in [2.45, 2.75) is 19.4 Å². The number of thiazole rings is 1. The minimum Gasteiger partial charge on any atom is -0.480 e. The average Bonchev–Trinajstić information content (AvgIpc) is 2.99. The monoisotopic (exact) mass is 312 g/mol. The van der Waals surface area contributed by atoms with Gasteiger partial charge in [0.25, 0.3) is 0 Å². The lowest BCUT2D eigenvalue weighted by Crippen LogP contribution is -2.55. The van der Waals surface area contributed by atoms with Gasteiger partial charge in [-0.3, -0.25) is 9.69 Å². The average molecular weight is 312 g/mol. The standard InChI is InChI=1S/C13H20N4O3S/c1-10(12(18)19)16-4-6-17(7-5-16)13(20)14-3-2-11-8-21-9-15-11/h8-10H,2-7H2,1H3,(H,14,20)(H,18,19). The van der Waals surface area contributed by atoms with Crippen molar-refractivity contribution in [2.24, 2.45) is 0 Å². The summed E-state index contributed by atoms with van der Waals surface area (Å²) >= 11 is 1.54. The van der Waals surface area contributed by atoms with Gasteiger partial charge in [0.15, 0.2) is 0 Å². The molecule has 2 amide bonds. The number of hydrogen-bond acceptors (Lipinski definition) is 5. The predicted molar refractivity (Wildman–Crippen MR) is 79.5 cm³/mol. The molecule has 116 valence electrons. The first-order valence-corrected chi connectivity index (χ1v) is 7.89. The lowest BCUT2D eigenvalue weighted by atomic mass is 10.2. The Bertz CT molecular complexity index is 472. The van der Waals surface area contributed by atoms with E-state index in [9.17, 15) is 9.59 Å². The minimum atomic E-state index is -0.823. The van der Waals surface area contributed by atoms with Crippen LogP contribution < -0.4 is 5.32 Å². The Balaban J connectivity index is 1.69. The van der Waals surface area contributed by atoms with Gasteiger partial charge in [-0.2, -0.15) is 0 Å². The van der Waals surface area contributed by atoms with E-state index in [1.807, 2.05) is 10.3 Å². The van der Waals surface area contributed by atoms with Crippen LogP contribution in [0.2, 0.25) is 0 Å². The second kappa shape index (κ2) is 7.37. The van der Waals surface area contributed by atoms with Crippen molar-refractivity contribution in [3.8, 4) is 0 Å². The third-order valence-corrected chi connectivity index (χ3v) is 4.28. The van der Waals surface area contributed by atoms with E-state index in [2.05, 4.69) is 10.3 Å². The number of carbonyl (C=O) groups excluding carboxylic acids is 1. The van der Waals surface area contributed by atoms with E-state index in [1.165, 1.54) is 0 Å². The van der Waals surface area contributed by atoms with Crippen LogP contribution >= 0.6 is 11.3 Å². The largest absolute Gasteiger partial charge is 0.480 e. The molecule has 2 rings (SSSR count). The highest BCUT2D eigenvalue weighted by Crippen LogP contribution is 2.07. The summed E-state index contributed by atoms with van der Waals surface area (Å²) in [5, 5.41) is 13.8. The van der Waals surface area contributed by atoms with Crippen LogP contribution in [0.25, 0.3) is 0 Å². The zero-order chi connectivity index (χ0) is 15.2. The number of aromatic nitrogens is 1. The molecular formula is C13H20N4O3S. The van der Waals surface area contributed by atoms with Crippen molar-refractivity contribution in [3.05, 3.63) is 16.6 Å². The van der Waals surface area contributed by atoms with E-state index >= 15 is 0 Å². The molecule has 21 heavy (non-hydrogen) atoms. The van der Waals surface area contributed by atoms with Gasteiger partial charge in [-0.15, -0.1) is 11.3 Å². The van der Waals surface area contributed by atoms with Gasteiger partial charge in [0.2, 0.25) is 0 Å². The molecule has 1 aromatic rings. The lowest BCUT2D eigenvalue weighted by molar-refractivity contribution is -0.143. The number of rotatable bonds is 5. The first-order valence-electron chi connectivity index (χ1n) is 6.94. The highest BCUT2D eigenvalue weighted by atomic mass is 32.1. The van der Waals surface area contributed by atoms with Crippen LogP contribution in [0, 0.1) is 0 Å². The Hall–Kier alpha value is -1.67. The van der Waals surface area contributed by atoms with Crippen LogP contribution in [-0.2, 0) is 11.2 Å². The SMILES string of the molecule is CC(C(=O)O)N1CCN(C(=O)NCCc2cscn2)CC1. The Kier molecular flexibility index (Phi) is 5.51. The van der Waals surface area contributed by atoms with E-state index in [4.69, 9.17) is 5.11 Å². The van der Waals surface area contributed by atoms with Crippen molar-refractivity contribution >= 4 is 23.3 Å². The maximum atomic E-state index is 12.0. The Morgan fingerprint density at radius 1 is 1.43 bits per heavy atom. The highest BCUT2D eigenvalue weighted by Gasteiger charge is 2.26. The number of urea groups is 1. The molecule has 0 aromatic carbocycles. The van der Waals surface area contributed by atoms with Crippen LogP contribution in [0.1, 0.15) is 12.6 Å². The molecule has 1 unspecified atom stereocenters. The molecule has 2 heterocycles. The zero-order valence-electron chi connectivity index (χ0n) is 12.0. The number of carboxylic acids is 1. The number of carbonyl (C=O) groups is 2. The van der Waals surface area contributed by atoms with Gasteiger partial charge < -0.3 is 15.3 Å². The quantitative estimate of drug-likeness (QED) is 0.826. The molecule has 7 nitrogen and oxygen atoms in total. The van der Waals surface area contributed by atoms with Gasteiger partial charge in [0.05, 0.1) is 11.2 Å². The van der Waals surface area contributed by atoms with Crippen molar-refractivity contribution < 1.29 is 14.7 Å². The molecule has 0 aliphatic carbocycles. The number of carboxylic acid groups (broad SMARTS) is 1. The van der Waals surface area contributed by atoms with Gasteiger partial charge in [0, 0.05) is 44.5 Å². The first kappa shape index (κ1) is 15.7. The molecule has 0 saturated carbocycles. The summed E-state index contributed by atoms with van der Waals surface area (Å²) in [5.41, 5.74) is 2.76. The van der Waals surface area contributed by atoms with Gasteiger partial charge in [-0.1, -0.05) is 0 Å². The number of aliphatic carboxylic acids is 1. The summed E-state index contributed by atoms with van der Waals surface area (Å²) in [6, 6.07) is -0.590. The van der Waals surface area contributed by atoms with E-state index in [0.717, 1.165) is 12.1 Å². The van der Waals surface area contributed by atoms with Crippen LogP contribution in [0.4, 0.5) is 4.79 Å². The summed E-state index contributed by atoms with van der Waals surface area (Å²) < 4.78 is 0. The molecule has 0 bridgehead atoms. The molecule has 1 aromatic heterocycles. The van der Waals surface area contributed by atoms with Crippen LogP contribution in [0.15, 0.2) is 10.9 Å². The second-order valence-electron chi connectivity index (χ2n) is 5.00. The summed E-state index contributed by atoms with van der Waals surface area (Å²) in [7, 11) is 0. The summed E-state index contributed by atoms with van der Waals surface area (Å²) in [6.07, 6.45) is 0.727. The van der Waals surface area contributed by atoms with Crippen molar-refractivity contribution in [1.29, 1.82) is 0 Å². The summed E-state index contributed by atoms with van der Waals surface area (Å²) in [6.45, 7) is 4.53. The second-order valence-corrected chi connectivity index (χ2v) is 5.72. The molecule has 8 heteroatoms. The smallest absolute Gasteiger partial charge is 0.320 e. The Morgan fingerprint density at radius 2 is 2.14 bits per heavy atom. The number of amides is 2. The number of nitrogens with one attached hydrogen (secondary N) is 1. The topological polar surface area (TPSA) is 85.8 Å². The third kappa shape index (κ3) is 4.40. The Labute approximate surface area is 127 Å². The van der Waals surface area contributed by atoms with Crippen molar-refractivity contribution in [3.63, 3.8) is 0 Å². The number of piperazine rings is 1. The van der Waals surface area contributed by atoms with Crippen molar-refractivity contribution in [1.82, 2.24) is 20.1 Å².